The number of aromatic nitrogens is 1. The van der Waals surface area contributed by atoms with Gasteiger partial charge in [0.1, 0.15) is 10.8 Å². The Morgan fingerprint density at radius 2 is 2.20 bits per heavy atom. The van der Waals surface area contributed by atoms with Crippen molar-refractivity contribution in [3.63, 3.8) is 0 Å². The highest BCUT2D eigenvalue weighted by Gasteiger charge is 2.18. The van der Waals surface area contributed by atoms with Crippen LogP contribution in [0.5, 0.6) is 0 Å². The first-order valence-electron chi connectivity index (χ1n) is 6.87. The lowest BCUT2D eigenvalue weighted by Gasteiger charge is -2.33. The maximum Gasteiger partial charge on any atom is 0.123 e. The van der Waals surface area contributed by atoms with E-state index < -0.39 is 0 Å². The second-order valence-corrected chi connectivity index (χ2v) is 6.03. The van der Waals surface area contributed by atoms with Crippen molar-refractivity contribution < 1.29 is 4.39 Å². The lowest BCUT2D eigenvalue weighted by atomic mass is 10.2. The van der Waals surface area contributed by atoms with Crippen LogP contribution >= 0.6 is 11.3 Å². The molecule has 1 aliphatic rings. The van der Waals surface area contributed by atoms with Gasteiger partial charge in [0.2, 0.25) is 0 Å². The largest absolute Gasteiger partial charge is 0.314 e. The second kappa shape index (κ2) is 5.99. The molecule has 1 saturated heterocycles. The number of thiazole rings is 1. The molecule has 2 heterocycles. The third-order valence-corrected chi connectivity index (χ3v) is 4.59. The molecule has 1 fully saturated rings. The van der Waals surface area contributed by atoms with E-state index in [4.69, 9.17) is 0 Å². The van der Waals surface area contributed by atoms with E-state index in [2.05, 4.69) is 27.5 Å². The first-order valence-corrected chi connectivity index (χ1v) is 7.75. The van der Waals surface area contributed by atoms with E-state index in [0.717, 1.165) is 42.4 Å². The normalized spacial score (nSPS) is 20.2. The van der Waals surface area contributed by atoms with Crippen LogP contribution in [0.1, 0.15) is 12.6 Å². The summed E-state index contributed by atoms with van der Waals surface area (Å²) in [6, 6.07) is 7.07. The molecule has 0 radical (unpaired) electrons. The smallest absolute Gasteiger partial charge is 0.123 e. The molecule has 0 aliphatic carbocycles. The SMILES string of the molecule is C[C@H]1CNCCN1Cc1csc(-c2ccc(F)cc2)n1. The van der Waals surface area contributed by atoms with Gasteiger partial charge in [-0.2, -0.15) is 0 Å². The molecule has 3 rings (SSSR count). The molecule has 1 N–H and O–H groups in total. The Bertz CT molecular complexity index is 567. The number of nitrogens with one attached hydrogen (secondary N) is 1. The van der Waals surface area contributed by atoms with Crippen LogP contribution in [0.15, 0.2) is 29.6 Å². The molecule has 0 saturated carbocycles. The molecular formula is C15H18FN3S. The Labute approximate surface area is 122 Å². The molecule has 3 nitrogen and oxygen atoms in total. The first kappa shape index (κ1) is 13.7. The van der Waals surface area contributed by atoms with Crippen molar-refractivity contribution >= 4 is 11.3 Å². The lowest BCUT2D eigenvalue weighted by molar-refractivity contribution is 0.164. The van der Waals surface area contributed by atoms with E-state index >= 15 is 0 Å². The highest BCUT2D eigenvalue weighted by Crippen LogP contribution is 2.24. The van der Waals surface area contributed by atoms with Crippen molar-refractivity contribution in [2.24, 2.45) is 0 Å². The Hall–Kier alpha value is -1.30. The average molecular weight is 291 g/mol. The number of hydrogen-bond donors (Lipinski definition) is 1. The molecular weight excluding hydrogens is 273 g/mol. The van der Waals surface area contributed by atoms with Gasteiger partial charge in [0.25, 0.3) is 0 Å². The highest BCUT2D eigenvalue weighted by atomic mass is 32.1. The van der Waals surface area contributed by atoms with E-state index in [1.54, 1.807) is 23.5 Å². The van der Waals surface area contributed by atoms with Crippen LogP contribution in [-0.2, 0) is 6.54 Å². The van der Waals surface area contributed by atoms with Gasteiger partial charge < -0.3 is 5.32 Å². The van der Waals surface area contributed by atoms with Crippen molar-refractivity contribution in [2.75, 3.05) is 19.6 Å². The van der Waals surface area contributed by atoms with Crippen molar-refractivity contribution in [1.82, 2.24) is 15.2 Å². The van der Waals surface area contributed by atoms with Gasteiger partial charge in [0, 0.05) is 43.2 Å². The van der Waals surface area contributed by atoms with Gasteiger partial charge in [-0.15, -0.1) is 11.3 Å². The molecule has 0 unspecified atom stereocenters. The lowest BCUT2D eigenvalue weighted by Crippen LogP contribution is -2.49. The van der Waals surface area contributed by atoms with E-state index in [1.807, 2.05) is 0 Å². The van der Waals surface area contributed by atoms with E-state index in [1.165, 1.54) is 12.1 Å². The molecule has 2 aromatic rings. The number of rotatable bonds is 3. The van der Waals surface area contributed by atoms with Gasteiger partial charge >= 0.3 is 0 Å². The quantitative estimate of drug-likeness (QED) is 0.942. The fourth-order valence-electron chi connectivity index (χ4n) is 2.43. The molecule has 20 heavy (non-hydrogen) atoms. The zero-order valence-electron chi connectivity index (χ0n) is 11.5. The van der Waals surface area contributed by atoms with Gasteiger partial charge in [0.05, 0.1) is 5.69 Å². The minimum Gasteiger partial charge on any atom is -0.314 e. The Balaban J connectivity index is 1.71. The van der Waals surface area contributed by atoms with Crippen LogP contribution in [0.25, 0.3) is 10.6 Å². The predicted octanol–water partition coefficient (Wildman–Crippen LogP) is 2.74. The maximum absolute atomic E-state index is 12.9. The first-order chi connectivity index (χ1) is 9.72. The fourth-order valence-corrected chi connectivity index (χ4v) is 3.25. The summed E-state index contributed by atoms with van der Waals surface area (Å²) in [5.74, 6) is -0.208. The van der Waals surface area contributed by atoms with Gasteiger partial charge in [-0.05, 0) is 31.2 Å². The van der Waals surface area contributed by atoms with Crippen LogP contribution in [0.2, 0.25) is 0 Å². The Morgan fingerprint density at radius 3 is 2.95 bits per heavy atom. The average Bonchev–Trinajstić information content (AvgIpc) is 2.91. The zero-order valence-corrected chi connectivity index (χ0v) is 12.3. The summed E-state index contributed by atoms with van der Waals surface area (Å²) in [6.45, 7) is 6.26. The minimum atomic E-state index is -0.208. The van der Waals surface area contributed by atoms with Gasteiger partial charge in [-0.3, -0.25) is 4.90 Å². The Morgan fingerprint density at radius 1 is 1.40 bits per heavy atom. The van der Waals surface area contributed by atoms with E-state index in [0.29, 0.717) is 6.04 Å². The van der Waals surface area contributed by atoms with Gasteiger partial charge in [-0.25, -0.2) is 9.37 Å². The number of halogens is 1. The van der Waals surface area contributed by atoms with Crippen LogP contribution in [0, 0.1) is 5.82 Å². The van der Waals surface area contributed by atoms with Gasteiger partial charge in [-0.1, -0.05) is 0 Å². The summed E-state index contributed by atoms with van der Waals surface area (Å²) in [4.78, 5) is 7.12. The predicted molar refractivity (Wildman–Crippen MR) is 80.2 cm³/mol. The molecule has 106 valence electrons. The molecule has 1 aromatic heterocycles. The van der Waals surface area contributed by atoms with Crippen molar-refractivity contribution in [3.05, 3.63) is 41.2 Å². The minimum absolute atomic E-state index is 0.208. The van der Waals surface area contributed by atoms with E-state index in [-0.39, 0.29) is 5.82 Å². The molecule has 1 aliphatic heterocycles. The number of nitrogens with zero attached hydrogens (tertiary/aromatic N) is 2. The van der Waals surface area contributed by atoms with Crippen LogP contribution in [-0.4, -0.2) is 35.6 Å². The van der Waals surface area contributed by atoms with Crippen LogP contribution < -0.4 is 5.32 Å². The maximum atomic E-state index is 12.9. The summed E-state index contributed by atoms with van der Waals surface area (Å²) in [5.41, 5.74) is 2.08. The molecule has 0 bridgehead atoms. The van der Waals surface area contributed by atoms with Crippen molar-refractivity contribution in [3.8, 4) is 10.6 Å². The number of piperazine rings is 1. The number of hydrogen-bond acceptors (Lipinski definition) is 4. The topological polar surface area (TPSA) is 28.2 Å². The monoisotopic (exact) mass is 291 g/mol. The number of benzene rings is 1. The molecule has 0 spiro atoms. The molecule has 1 aromatic carbocycles. The van der Waals surface area contributed by atoms with Crippen molar-refractivity contribution in [2.45, 2.75) is 19.5 Å². The molecule has 5 heteroatoms. The second-order valence-electron chi connectivity index (χ2n) is 5.17. The standard InChI is InChI=1S/C15H18FN3S/c1-11-8-17-6-7-19(11)9-14-10-20-15(18-14)12-2-4-13(16)5-3-12/h2-5,10-11,17H,6-9H2,1H3/t11-/m0/s1. The van der Waals surface area contributed by atoms with Crippen molar-refractivity contribution in [1.29, 1.82) is 0 Å². The summed E-state index contributed by atoms with van der Waals surface area (Å²) in [5, 5.41) is 6.46. The van der Waals surface area contributed by atoms with Gasteiger partial charge in [0.15, 0.2) is 0 Å². The fraction of sp³-hybridized carbons (Fsp3) is 0.400. The zero-order chi connectivity index (χ0) is 13.9. The summed E-state index contributed by atoms with van der Waals surface area (Å²) in [6.07, 6.45) is 0. The molecule has 1 atom stereocenters. The van der Waals surface area contributed by atoms with Crippen LogP contribution in [0.3, 0.4) is 0 Å². The third kappa shape index (κ3) is 3.06. The van der Waals surface area contributed by atoms with E-state index in [9.17, 15) is 4.39 Å². The van der Waals surface area contributed by atoms with Crippen LogP contribution in [0.4, 0.5) is 4.39 Å². The summed E-state index contributed by atoms with van der Waals surface area (Å²) >= 11 is 1.62. The summed E-state index contributed by atoms with van der Waals surface area (Å²) in [7, 11) is 0. The Kier molecular flexibility index (Phi) is 4.10. The molecule has 0 amide bonds. The summed E-state index contributed by atoms with van der Waals surface area (Å²) < 4.78 is 12.9. The third-order valence-electron chi connectivity index (χ3n) is 3.65. The highest BCUT2D eigenvalue weighted by molar-refractivity contribution is 7.13.